The molecule has 2 aliphatic rings. The Hall–Kier alpha value is -1.06. The van der Waals surface area contributed by atoms with Gasteiger partial charge in [0, 0.05) is 6.54 Å². The number of carbonyl (C=O) groups excluding carboxylic acids is 1. The van der Waals surface area contributed by atoms with Crippen LogP contribution in [0.3, 0.4) is 0 Å². The van der Waals surface area contributed by atoms with Crippen LogP contribution in [0.5, 0.6) is 0 Å². The maximum Gasteiger partial charge on any atom is 0.319 e. The Bertz CT molecular complexity index is 327. The Kier molecular flexibility index (Phi) is 2.48. The lowest BCUT2D eigenvalue weighted by Gasteiger charge is -2.21. The molecular formula is C12H19NO3. The first-order chi connectivity index (χ1) is 7.43. The highest BCUT2D eigenvalue weighted by molar-refractivity contribution is 6.04. The highest BCUT2D eigenvalue weighted by atomic mass is 16.4. The molecule has 0 heterocycles. The van der Waals surface area contributed by atoms with Gasteiger partial charge in [-0.2, -0.15) is 0 Å². The van der Waals surface area contributed by atoms with Crippen molar-refractivity contribution in [2.75, 3.05) is 6.54 Å². The zero-order valence-electron chi connectivity index (χ0n) is 9.88. The van der Waals surface area contributed by atoms with E-state index in [4.69, 9.17) is 5.11 Å². The quantitative estimate of drug-likeness (QED) is 0.695. The van der Waals surface area contributed by atoms with Crippen LogP contribution in [0.1, 0.15) is 39.5 Å². The summed E-state index contributed by atoms with van der Waals surface area (Å²) in [5.74, 6) is -0.709. The summed E-state index contributed by atoms with van der Waals surface area (Å²) >= 11 is 0. The smallest absolute Gasteiger partial charge is 0.319 e. The first-order valence-corrected chi connectivity index (χ1v) is 5.95. The van der Waals surface area contributed by atoms with Gasteiger partial charge in [-0.3, -0.25) is 9.59 Å². The van der Waals surface area contributed by atoms with Crippen LogP contribution in [-0.2, 0) is 9.59 Å². The molecule has 0 aromatic heterocycles. The Balaban J connectivity index is 1.88. The van der Waals surface area contributed by atoms with Gasteiger partial charge in [-0.25, -0.2) is 0 Å². The number of carbonyl (C=O) groups is 2. The number of amides is 1. The van der Waals surface area contributed by atoms with Crippen LogP contribution in [0.2, 0.25) is 0 Å². The molecule has 2 rings (SSSR count). The summed E-state index contributed by atoms with van der Waals surface area (Å²) in [6.07, 6.45) is 3.27. The van der Waals surface area contributed by atoms with E-state index in [1.165, 1.54) is 0 Å². The number of hydrogen-bond acceptors (Lipinski definition) is 2. The standard InChI is InChI=1S/C12H19NO3/c1-8(2)11(3-4-11)7-13-9(14)12(5-6-12)10(15)16/h8H,3-7H2,1-2H3,(H,13,14)(H,15,16). The van der Waals surface area contributed by atoms with E-state index in [0.717, 1.165) is 12.8 Å². The summed E-state index contributed by atoms with van der Waals surface area (Å²) in [4.78, 5) is 22.7. The molecule has 0 atom stereocenters. The van der Waals surface area contributed by atoms with E-state index >= 15 is 0 Å². The molecule has 4 nitrogen and oxygen atoms in total. The van der Waals surface area contributed by atoms with Crippen LogP contribution < -0.4 is 5.32 Å². The predicted molar refractivity (Wildman–Crippen MR) is 58.8 cm³/mol. The first kappa shape index (κ1) is 11.4. The third-order valence-electron chi connectivity index (χ3n) is 4.31. The van der Waals surface area contributed by atoms with Crippen molar-refractivity contribution < 1.29 is 14.7 Å². The number of nitrogens with one attached hydrogen (secondary N) is 1. The molecule has 0 aromatic carbocycles. The van der Waals surface area contributed by atoms with Crippen molar-refractivity contribution in [2.45, 2.75) is 39.5 Å². The summed E-state index contributed by atoms with van der Waals surface area (Å²) in [5, 5.41) is 11.8. The van der Waals surface area contributed by atoms with Gasteiger partial charge < -0.3 is 10.4 Å². The zero-order chi connectivity index (χ0) is 12.0. The topological polar surface area (TPSA) is 66.4 Å². The van der Waals surface area contributed by atoms with Crippen LogP contribution in [0, 0.1) is 16.7 Å². The number of carboxylic acids is 1. The third-order valence-corrected chi connectivity index (χ3v) is 4.31. The lowest BCUT2D eigenvalue weighted by molar-refractivity contribution is -0.149. The molecule has 0 spiro atoms. The molecule has 0 radical (unpaired) electrons. The van der Waals surface area contributed by atoms with Crippen molar-refractivity contribution in [3.8, 4) is 0 Å². The maximum absolute atomic E-state index is 11.8. The Labute approximate surface area is 95.4 Å². The Morgan fingerprint density at radius 1 is 1.25 bits per heavy atom. The normalized spacial score (nSPS) is 23.9. The monoisotopic (exact) mass is 225 g/mol. The molecule has 1 amide bonds. The average molecular weight is 225 g/mol. The van der Waals surface area contributed by atoms with Crippen molar-refractivity contribution in [3.63, 3.8) is 0 Å². The van der Waals surface area contributed by atoms with Gasteiger partial charge in [-0.05, 0) is 37.0 Å². The SMILES string of the molecule is CC(C)C1(CNC(=O)C2(C(=O)O)CC2)CC1. The van der Waals surface area contributed by atoms with Crippen molar-refractivity contribution >= 4 is 11.9 Å². The number of aliphatic carboxylic acids is 1. The van der Waals surface area contributed by atoms with Gasteiger partial charge in [0.25, 0.3) is 0 Å². The fraction of sp³-hybridized carbons (Fsp3) is 0.833. The van der Waals surface area contributed by atoms with Gasteiger partial charge in [0.1, 0.15) is 5.41 Å². The van der Waals surface area contributed by atoms with E-state index in [2.05, 4.69) is 19.2 Å². The maximum atomic E-state index is 11.8. The minimum absolute atomic E-state index is 0.240. The van der Waals surface area contributed by atoms with Crippen LogP contribution in [0.25, 0.3) is 0 Å². The fourth-order valence-corrected chi connectivity index (χ4v) is 2.21. The first-order valence-electron chi connectivity index (χ1n) is 5.95. The number of hydrogen-bond donors (Lipinski definition) is 2. The Morgan fingerprint density at radius 3 is 2.12 bits per heavy atom. The van der Waals surface area contributed by atoms with Crippen molar-refractivity contribution in [2.24, 2.45) is 16.7 Å². The molecule has 2 fully saturated rings. The molecule has 2 N–H and O–H groups in total. The van der Waals surface area contributed by atoms with Gasteiger partial charge in [-0.1, -0.05) is 13.8 Å². The molecular weight excluding hydrogens is 206 g/mol. The second-order valence-corrected chi connectivity index (χ2v) is 5.59. The van der Waals surface area contributed by atoms with Gasteiger partial charge in [0.15, 0.2) is 0 Å². The summed E-state index contributed by atoms with van der Waals surface area (Å²) in [7, 11) is 0. The fourth-order valence-electron chi connectivity index (χ4n) is 2.21. The van der Waals surface area contributed by atoms with E-state index in [1.54, 1.807) is 0 Å². The molecule has 0 aliphatic heterocycles. The van der Waals surface area contributed by atoms with Crippen LogP contribution in [-0.4, -0.2) is 23.5 Å². The van der Waals surface area contributed by atoms with Crippen LogP contribution >= 0.6 is 0 Å². The van der Waals surface area contributed by atoms with Crippen molar-refractivity contribution in [1.29, 1.82) is 0 Å². The molecule has 4 heteroatoms. The van der Waals surface area contributed by atoms with E-state index in [1.807, 2.05) is 0 Å². The number of carboxylic acid groups (broad SMARTS) is 1. The van der Waals surface area contributed by atoms with E-state index in [-0.39, 0.29) is 11.3 Å². The lowest BCUT2D eigenvalue weighted by Crippen LogP contribution is -2.40. The largest absolute Gasteiger partial charge is 0.480 e. The van der Waals surface area contributed by atoms with Crippen molar-refractivity contribution in [1.82, 2.24) is 5.32 Å². The second-order valence-electron chi connectivity index (χ2n) is 5.59. The highest BCUT2D eigenvalue weighted by Gasteiger charge is 2.57. The van der Waals surface area contributed by atoms with Crippen molar-refractivity contribution in [3.05, 3.63) is 0 Å². The Morgan fingerprint density at radius 2 is 1.81 bits per heavy atom. The highest BCUT2D eigenvalue weighted by Crippen LogP contribution is 2.52. The average Bonchev–Trinajstić information content (AvgIpc) is 3.08. The third kappa shape index (κ3) is 1.70. The molecule has 0 saturated heterocycles. The summed E-state index contributed by atoms with van der Waals surface area (Å²) in [6.45, 7) is 4.95. The molecule has 90 valence electrons. The zero-order valence-corrected chi connectivity index (χ0v) is 9.88. The molecule has 2 saturated carbocycles. The molecule has 16 heavy (non-hydrogen) atoms. The van der Waals surface area contributed by atoms with Gasteiger partial charge in [0.05, 0.1) is 0 Å². The molecule has 0 unspecified atom stereocenters. The van der Waals surface area contributed by atoms with E-state index in [0.29, 0.717) is 25.3 Å². The molecule has 2 aliphatic carbocycles. The summed E-state index contributed by atoms with van der Waals surface area (Å²) in [5.41, 5.74) is -0.850. The van der Waals surface area contributed by atoms with Crippen LogP contribution in [0.15, 0.2) is 0 Å². The van der Waals surface area contributed by atoms with E-state index in [9.17, 15) is 9.59 Å². The summed E-state index contributed by atoms with van der Waals surface area (Å²) < 4.78 is 0. The minimum Gasteiger partial charge on any atom is -0.480 e. The van der Waals surface area contributed by atoms with E-state index < -0.39 is 11.4 Å². The predicted octanol–water partition coefficient (Wildman–Crippen LogP) is 1.40. The minimum atomic E-state index is -1.09. The van der Waals surface area contributed by atoms with Crippen LogP contribution in [0.4, 0.5) is 0 Å². The van der Waals surface area contributed by atoms with Gasteiger partial charge in [0.2, 0.25) is 5.91 Å². The second kappa shape index (κ2) is 3.47. The number of rotatable bonds is 5. The molecule has 0 bridgehead atoms. The van der Waals surface area contributed by atoms with Gasteiger partial charge in [-0.15, -0.1) is 0 Å². The molecule has 0 aromatic rings. The van der Waals surface area contributed by atoms with Gasteiger partial charge >= 0.3 is 5.97 Å². The lowest BCUT2D eigenvalue weighted by atomic mass is 9.92. The summed E-state index contributed by atoms with van der Waals surface area (Å²) in [6, 6.07) is 0.